The molecule has 2 nitrogen and oxygen atoms in total. The number of hydrogen-bond donors (Lipinski definition) is 1. The molecule has 0 aliphatic carbocycles. The van der Waals surface area contributed by atoms with Gasteiger partial charge in [-0.2, -0.15) is 0 Å². The molecule has 0 fully saturated rings. The summed E-state index contributed by atoms with van der Waals surface area (Å²) < 4.78 is 44.0. The molecule has 5 heteroatoms. The SMILES string of the molecule is OC(COc1ccc(F)c(F)c1)c1ccccc1F. The molecule has 19 heavy (non-hydrogen) atoms. The standard InChI is InChI=1S/C14H11F3O2/c15-11-4-2-1-3-10(11)14(18)8-19-9-5-6-12(16)13(17)7-9/h1-7,14,18H,8H2. The normalized spacial score (nSPS) is 12.2. The lowest BCUT2D eigenvalue weighted by Crippen LogP contribution is -2.11. The number of rotatable bonds is 4. The first kappa shape index (κ1) is 13.4. The summed E-state index contributed by atoms with van der Waals surface area (Å²) in [5.74, 6) is -2.52. The zero-order valence-electron chi connectivity index (χ0n) is 9.82. The van der Waals surface area contributed by atoms with E-state index in [-0.39, 0.29) is 17.9 Å². The Hall–Kier alpha value is -2.01. The number of aliphatic hydroxyl groups excluding tert-OH is 1. The maximum Gasteiger partial charge on any atom is 0.162 e. The molecule has 2 rings (SSSR count). The fraction of sp³-hybridized carbons (Fsp3) is 0.143. The topological polar surface area (TPSA) is 29.5 Å². The Morgan fingerprint density at radius 1 is 0.947 bits per heavy atom. The third-order valence-corrected chi connectivity index (χ3v) is 2.56. The monoisotopic (exact) mass is 268 g/mol. The molecule has 0 aromatic heterocycles. The lowest BCUT2D eigenvalue weighted by atomic mass is 10.1. The largest absolute Gasteiger partial charge is 0.490 e. The van der Waals surface area contributed by atoms with Crippen LogP contribution >= 0.6 is 0 Å². The van der Waals surface area contributed by atoms with Crippen LogP contribution in [0.2, 0.25) is 0 Å². The predicted molar refractivity (Wildman–Crippen MR) is 63.2 cm³/mol. The predicted octanol–water partition coefficient (Wildman–Crippen LogP) is 3.22. The summed E-state index contributed by atoms with van der Waals surface area (Å²) >= 11 is 0. The maximum atomic E-state index is 13.4. The van der Waals surface area contributed by atoms with Crippen molar-refractivity contribution in [3.63, 3.8) is 0 Å². The number of benzene rings is 2. The van der Waals surface area contributed by atoms with Gasteiger partial charge in [0.15, 0.2) is 11.6 Å². The average molecular weight is 268 g/mol. The molecule has 0 heterocycles. The molecular formula is C14H11F3O2. The fourth-order valence-electron chi connectivity index (χ4n) is 1.58. The van der Waals surface area contributed by atoms with Gasteiger partial charge >= 0.3 is 0 Å². The van der Waals surface area contributed by atoms with Gasteiger partial charge in [-0.15, -0.1) is 0 Å². The number of aliphatic hydroxyl groups is 1. The molecule has 2 aromatic rings. The Morgan fingerprint density at radius 3 is 2.37 bits per heavy atom. The third kappa shape index (κ3) is 3.26. The van der Waals surface area contributed by atoms with Crippen LogP contribution in [-0.4, -0.2) is 11.7 Å². The quantitative estimate of drug-likeness (QED) is 0.922. The van der Waals surface area contributed by atoms with Crippen LogP contribution in [0, 0.1) is 17.5 Å². The molecular weight excluding hydrogens is 257 g/mol. The summed E-state index contributed by atoms with van der Waals surface area (Å²) in [7, 11) is 0. The van der Waals surface area contributed by atoms with Gasteiger partial charge in [-0.3, -0.25) is 0 Å². The van der Waals surface area contributed by atoms with Crippen molar-refractivity contribution < 1.29 is 23.0 Å². The van der Waals surface area contributed by atoms with Crippen molar-refractivity contribution >= 4 is 0 Å². The molecule has 0 bridgehead atoms. The molecule has 0 aliphatic rings. The van der Waals surface area contributed by atoms with Crippen LogP contribution in [0.3, 0.4) is 0 Å². The van der Waals surface area contributed by atoms with Crippen molar-refractivity contribution in [2.45, 2.75) is 6.10 Å². The molecule has 0 saturated carbocycles. The van der Waals surface area contributed by atoms with Gasteiger partial charge in [0.05, 0.1) is 0 Å². The van der Waals surface area contributed by atoms with E-state index in [9.17, 15) is 18.3 Å². The summed E-state index contributed by atoms with van der Waals surface area (Å²) in [6.07, 6.45) is -1.19. The molecule has 100 valence electrons. The van der Waals surface area contributed by atoms with E-state index >= 15 is 0 Å². The van der Waals surface area contributed by atoms with Crippen LogP contribution in [0.1, 0.15) is 11.7 Å². The molecule has 1 atom stereocenters. The van der Waals surface area contributed by atoms with Gasteiger partial charge < -0.3 is 9.84 Å². The summed E-state index contributed by atoms with van der Waals surface area (Å²) in [4.78, 5) is 0. The second-order valence-corrected chi connectivity index (χ2v) is 3.92. The average Bonchev–Trinajstić information content (AvgIpc) is 2.40. The Kier molecular flexibility index (Phi) is 4.06. The number of hydrogen-bond acceptors (Lipinski definition) is 2. The second-order valence-electron chi connectivity index (χ2n) is 3.92. The Balaban J connectivity index is 2.02. The van der Waals surface area contributed by atoms with Crippen molar-refractivity contribution in [3.05, 3.63) is 65.5 Å². The summed E-state index contributed by atoms with van der Waals surface area (Å²) in [5, 5.41) is 9.75. The van der Waals surface area contributed by atoms with Crippen molar-refractivity contribution in [2.24, 2.45) is 0 Å². The van der Waals surface area contributed by atoms with Crippen LogP contribution in [-0.2, 0) is 0 Å². The molecule has 0 saturated heterocycles. The van der Waals surface area contributed by atoms with E-state index in [1.165, 1.54) is 24.3 Å². The Labute approximate surface area is 108 Å². The summed E-state index contributed by atoms with van der Waals surface area (Å²) in [6, 6.07) is 8.74. The second kappa shape index (κ2) is 5.75. The van der Waals surface area contributed by atoms with E-state index in [4.69, 9.17) is 4.74 Å². The molecule has 2 aromatic carbocycles. The van der Waals surface area contributed by atoms with Gasteiger partial charge in [0, 0.05) is 11.6 Å². The van der Waals surface area contributed by atoms with Gasteiger partial charge in [-0.25, -0.2) is 13.2 Å². The highest BCUT2D eigenvalue weighted by atomic mass is 19.2. The molecule has 0 aliphatic heterocycles. The fourth-order valence-corrected chi connectivity index (χ4v) is 1.58. The van der Waals surface area contributed by atoms with Gasteiger partial charge in [0.1, 0.15) is 24.3 Å². The minimum absolute atomic E-state index is 0.0642. The Morgan fingerprint density at radius 2 is 1.68 bits per heavy atom. The number of halogens is 3. The van der Waals surface area contributed by atoms with Crippen molar-refractivity contribution in [1.29, 1.82) is 0 Å². The first-order valence-corrected chi connectivity index (χ1v) is 5.58. The molecule has 0 radical (unpaired) electrons. The number of ether oxygens (including phenoxy) is 1. The molecule has 0 spiro atoms. The van der Waals surface area contributed by atoms with E-state index in [0.717, 1.165) is 12.1 Å². The van der Waals surface area contributed by atoms with E-state index < -0.39 is 23.6 Å². The van der Waals surface area contributed by atoms with Gasteiger partial charge in [0.2, 0.25) is 0 Å². The van der Waals surface area contributed by atoms with Crippen LogP contribution in [0.5, 0.6) is 5.75 Å². The van der Waals surface area contributed by atoms with Crippen molar-refractivity contribution in [2.75, 3.05) is 6.61 Å². The van der Waals surface area contributed by atoms with E-state index in [1.807, 2.05) is 0 Å². The Bertz CT molecular complexity index is 572. The lowest BCUT2D eigenvalue weighted by molar-refractivity contribution is 0.105. The lowest BCUT2D eigenvalue weighted by Gasteiger charge is -2.13. The van der Waals surface area contributed by atoms with E-state index in [0.29, 0.717) is 0 Å². The molecule has 0 amide bonds. The first-order chi connectivity index (χ1) is 9.08. The molecule has 1 N–H and O–H groups in total. The van der Waals surface area contributed by atoms with Crippen LogP contribution in [0.15, 0.2) is 42.5 Å². The van der Waals surface area contributed by atoms with Crippen LogP contribution in [0.25, 0.3) is 0 Å². The van der Waals surface area contributed by atoms with E-state index in [1.54, 1.807) is 6.07 Å². The minimum atomic E-state index is -1.19. The van der Waals surface area contributed by atoms with E-state index in [2.05, 4.69) is 0 Å². The van der Waals surface area contributed by atoms with Gasteiger partial charge in [-0.1, -0.05) is 18.2 Å². The van der Waals surface area contributed by atoms with Crippen LogP contribution < -0.4 is 4.74 Å². The summed E-state index contributed by atoms with van der Waals surface area (Å²) in [5.41, 5.74) is 0.0880. The summed E-state index contributed by atoms with van der Waals surface area (Å²) in [6.45, 7) is -0.258. The van der Waals surface area contributed by atoms with Gasteiger partial charge in [0.25, 0.3) is 0 Å². The highest BCUT2D eigenvalue weighted by Crippen LogP contribution is 2.20. The van der Waals surface area contributed by atoms with Gasteiger partial charge in [-0.05, 0) is 18.2 Å². The van der Waals surface area contributed by atoms with Crippen molar-refractivity contribution in [3.8, 4) is 5.75 Å². The highest BCUT2D eigenvalue weighted by molar-refractivity contribution is 5.24. The smallest absolute Gasteiger partial charge is 0.162 e. The zero-order chi connectivity index (χ0) is 13.8. The molecule has 1 unspecified atom stereocenters. The van der Waals surface area contributed by atoms with Crippen LogP contribution in [0.4, 0.5) is 13.2 Å². The zero-order valence-corrected chi connectivity index (χ0v) is 9.82. The highest BCUT2D eigenvalue weighted by Gasteiger charge is 2.13. The van der Waals surface area contributed by atoms with Crippen molar-refractivity contribution in [1.82, 2.24) is 0 Å². The third-order valence-electron chi connectivity index (χ3n) is 2.56. The maximum absolute atomic E-state index is 13.4. The minimum Gasteiger partial charge on any atom is -0.490 e. The first-order valence-electron chi connectivity index (χ1n) is 5.58.